The molecule has 2 aromatic rings. The first-order valence-electron chi connectivity index (χ1n) is 7.12. The number of carbonyl (C=O) groups excluding carboxylic acids is 1. The van der Waals surface area contributed by atoms with Crippen LogP contribution in [0.3, 0.4) is 0 Å². The van der Waals surface area contributed by atoms with E-state index in [1.165, 1.54) is 0 Å². The van der Waals surface area contributed by atoms with Gasteiger partial charge in [-0.1, -0.05) is 18.2 Å². The lowest BCUT2D eigenvalue weighted by molar-refractivity contribution is 0.0910. The van der Waals surface area contributed by atoms with E-state index in [1.807, 2.05) is 0 Å². The summed E-state index contributed by atoms with van der Waals surface area (Å²) in [5.41, 5.74) is 1.87. The van der Waals surface area contributed by atoms with Crippen LogP contribution >= 0.6 is 0 Å². The van der Waals surface area contributed by atoms with E-state index in [2.05, 4.69) is 10.0 Å². The average Bonchev–Trinajstić information content (AvgIpc) is 2.76. The van der Waals surface area contributed by atoms with Gasteiger partial charge in [-0.15, -0.1) is 0 Å². The van der Waals surface area contributed by atoms with Crippen LogP contribution in [-0.2, 0) is 10.0 Å². The molecule has 124 valence electrons. The molecule has 1 atom stereocenters. The number of aryl methyl sites for hydroxylation is 2. The molecule has 0 saturated heterocycles. The molecule has 0 fully saturated rings. The van der Waals surface area contributed by atoms with Gasteiger partial charge in [0, 0.05) is 5.56 Å². The van der Waals surface area contributed by atoms with Gasteiger partial charge in [0.25, 0.3) is 5.91 Å². The number of amides is 1. The van der Waals surface area contributed by atoms with Crippen molar-refractivity contribution in [2.24, 2.45) is 0 Å². The van der Waals surface area contributed by atoms with Crippen molar-refractivity contribution in [3.63, 3.8) is 0 Å². The fourth-order valence-corrected chi connectivity index (χ4v) is 2.96. The van der Waals surface area contributed by atoms with E-state index in [-0.39, 0.29) is 11.7 Å². The van der Waals surface area contributed by atoms with Gasteiger partial charge in [-0.25, -0.2) is 8.42 Å². The summed E-state index contributed by atoms with van der Waals surface area (Å²) in [5.74, 6) is 0.597. The molecule has 1 amide bonds. The van der Waals surface area contributed by atoms with Crippen molar-refractivity contribution < 1.29 is 17.6 Å². The normalized spacial score (nSPS) is 12.7. The van der Waals surface area contributed by atoms with Gasteiger partial charge in [0.1, 0.15) is 5.76 Å². The molecular formula is C16H20N2O4S. The van der Waals surface area contributed by atoms with Crippen molar-refractivity contribution in [3.05, 3.63) is 53.0 Å². The molecule has 0 spiro atoms. The van der Waals surface area contributed by atoms with Gasteiger partial charge in [0.05, 0.1) is 18.0 Å². The van der Waals surface area contributed by atoms with Crippen LogP contribution in [0.4, 0.5) is 5.69 Å². The predicted octanol–water partition coefficient (Wildman–Crippen LogP) is 2.76. The summed E-state index contributed by atoms with van der Waals surface area (Å²) < 4.78 is 30.8. The summed E-state index contributed by atoms with van der Waals surface area (Å²) in [4.78, 5) is 12.3. The van der Waals surface area contributed by atoms with Crippen LogP contribution in [0.1, 0.15) is 40.4 Å². The number of benzene rings is 1. The summed E-state index contributed by atoms with van der Waals surface area (Å²) in [6.45, 7) is 5.36. The van der Waals surface area contributed by atoms with E-state index in [9.17, 15) is 13.2 Å². The number of rotatable bonds is 5. The molecule has 2 rings (SSSR count). The molecule has 0 saturated carbocycles. The monoisotopic (exact) mass is 336 g/mol. The van der Waals surface area contributed by atoms with Gasteiger partial charge in [-0.3, -0.25) is 9.52 Å². The first-order valence-corrected chi connectivity index (χ1v) is 9.01. The second-order valence-corrected chi connectivity index (χ2v) is 7.27. The number of hydrogen-bond donors (Lipinski definition) is 2. The van der Waals surface area contributed by atoms with Gasteiger partial charge in [0.2, 0.25) is 10.0 Å². The van der Waals surface area contributed by atoms with Crippen LogP contribution in [0.5, 0.6) is 0 Å². The summed E-state index contributed by atoms with van der Waals surface area (Å²) in [5, 5.41) is 2.83. The highest BCUT2D eigenvalue weighted by molar-refractivity contribution is 7.92. The summed E-state index contributed by atoms with van der Waals surface area (Å²) in [6, 6.07) is 8.33. The number of carbonyl (C=O) groups is 1. The minimum atomic E-state index is -3.40. The Hall–Kier alpha value is -2.28. The smallest absolute Gasteiger partial charge is 0.287 e. The molecular weight excluding hydrogens is 316 g/mol. The quantitative estimate of drug-likeness (QED) is 0.879. The Morgan fingerprint density at radius 2 is 1.87 bits per heavy atom. The Bertz CT molecular complexity index is 824. The Balaban J connectivity index is 2.22. The Labute approximate surface area is 135 Å². The van der Waals surface area contributed by atoms with Crippen LogP contribution in [0.25, 0.3) is 0 Å². The number of para-hydroxylation sites is 1. The molecule has 0 radical (unpaired) electrons. The lowest BCUT2D eigenvalue weighted by Gasteiger charge is -2.18. The number of anilines is 1. The highest BCUT2D eigenvalue weighted by Crippen LogP contribution is 2.24. The van der Waals surface area contributed by atoms with Crippen LogP contribution in [0, 0.1) is 13.8 Å². The van der Waals surface area contributed by atoms with Crippen molar-refractivity contribution in [2.75, 3.05) is 11.0 Å². The molecule has 1 heterocycles. The number of sulfonamides is 1. The number of hydrogen-bond acceptors (Lipinski definition) is 4. The van der Waals surface area contributed by atoms with E-state index < -0.39 is 16.1 Å². The van der Waals surface area contributed by atoms with E-state index in [0.29, 0.717) is 17.0 Å². The largest absolute Gasteiger partial charge is 0.456 e. The highest BCUT2D eigenvalue weighted by atomic mass is 32.2. The minimum absolute atomic E-state index is 0.267. The van der Waals surface area contributed by atoms with Gasteiger partial charge in [-0.2, -0.15) is 0 Å². The highest BCUT2D eigenvalue weighted by Gasteiger charge is 2.19. The van der Waals surface area contributed by atoms with Crippen molar-refractivity contribution in [1.29, 1.82) is 0 Å². The Kier molecular flexibility index (Phi) is 4.79. The molecule has 6 nitrogen and oxygen atoms in total. The molecule has 2 N–H and O–H groups in total. The lowest BCUT2D eigenvalue weighted by Crippen LogP contribution is -2.27. The molecule has 0 aliphatic heterocycles. The van der Waals surface area contributed by atoms with Crippen molar-refractivity contribution in [2.45, 2.75) is 26.8 Å². The van der Waals surface area contributed by atoms with Crippen molar-refractivity contribution >= 4 is 21.6 Å². The molecule has 0 aliphatic carbocycles. The fraction of sp³-hybridized carbons (Fsp3) is 0.312. The standard InChI is InChI=1S/C16H20N2O4S/c1-10-9-11(2)22-15(10)16(19)17-12(3)13-7-5-6-8-14(13)18-23(4,20)21/h5-9,12,18H,1-4H3,(H,17,19)/t12-/m1/s1. The third-order valence-electron chi connectivity index (χ3n) is 3.32. The SMILES string of the molecule is Cc1cc(C)c(C(=O)N[C@H](C)c2ccccc2NS(C)(=O)=O)o1. The summed E-state index contributed by atoms with van der Waals surface area (Å²) in [6.07, 6.45) is 1.09. The first-order chi connectivity index (χ1) is 10.7. The molecule has 0 aliphatic rings. The third-order valence-corrected chi connectivity index (χ3v) is 3.91. The van der Waals surface area contributed by atoms with Crippen LogP contribution in [0.15, 0.2) is 34.7 Å². The van der Waals surface area contributed by atoms with Crippen molar-refractivity contribution in [1.82, 2.24) is 5.32 Å². The number of furan rings is 1. The zero-order valence-electron chi connectivity index (χ0n) is 13.5. The Morgan fingerprint density at radius 1 is 1.22 bits per heavy atom. The summed E-state index contributed by atoms with van der Waals surface area (Å²) >= 11 is 0. The lowest BCUT2D eigenvalue weighted by atomic mass is 10.1. The molecule has 1 aromatic carbocycles. The fourth-order valence-electron chi connectivity index (χ4n) is 2.37. The zero-order valence-corrected chi connectivity index (χ0v) is 14.3. The molecule has 23 heavy (non-hydrogen) atoms. The number of nitrogens with one attached hydrogen (secondary N) is 2. The molecule has 7 heteroatoms. The van der Waals surface area contributed by atoms with E-state index in [4.69, 9.17) is 4.42 Å². The van der Waals surface area contributed by atoms with Gasteiger partial charge < -0.3 is 9.73 Å². The third kappa shape index (κ3) is 4.35. The van der Waals surface area contributed by atoms with E-state index in [1.54, 1.807) is 51.1 Å². The maximum Gasteiger partial charge on any atom is 0.287 e. The van der Waals surface area contributed by atoms with E-state index in [0.717, 1.165) is 11.8 Å². The minimum Gasteiger partial charge on any atom is -0.456 e. The van der Waals surface area contributed by atoms with Crippen LogP contribution in [-0.4, -0.2) is 20.6 Å². The van der Waals surface area contributed by atoms with E-state index >= 15 is 0 Å². The topological polar surface area (TPSA) is 88.4 Å². The van der Waals surface area contributed by atoms with Gasteiger partial charge >= 0.3 is 0 Å². The van der Waals surface area contributed by atoms with Crippen LogP contribution < -0.4 is 10.0 Å². The predicted molar refractivity (Wildman–Crippen MR) is 89.0 cm³/mol. The second-order valence-electron chi connectivity index (χ2n) is 5.53. The first kappa shape index (κ1) is 17.1. The average molecular weight is 336 g/mol. The molecule has 0 unspecified atom stereocenters. The Morgan fingerprint density at radius 3 is 2.43 bits per heavy atom. The van der Waals surface area contributed by atoms with Gasteiger partial charge in [-0.05, 0) is 38.5 Å². The summed E-state index contributed by atoms with van der Waals surface area (Å²) in [7, 11) is -3.40. The zero-order chi connectivity index (χ0) is 17.2. The maximum absolute atomic E-state index is 12.3. The van der Waals surface area contributed by atoms with Gasteiger partial charge in [0.15, 0.2) is 5.76 Å². The molecule has 1 aromatic heterocycles. The second kappa shape index (κ2) is 6.45. The van der Waals surface area contributed by atoms with Crippen LogP contribution in [0.2, 0.25) is 0 Å². The molecule has 0 bridgehead atoms. The van der Waals surface area contributed by atoms with Crippen molar-refractivity contribution in [3.8, 4) is 0 Å². The maximum atomic E-state index is 12.3.